The van der Waals surface area contributed by atoms with E-state index in [9.17, 15) is 8.42 Å². The molecule has 0 N–H and O–H groups in total. The van der Waals surface area contributed by atoms with E-state index in [-0.39, 0.29) is 4.90 Å². The number of halogens is 2. The van der Waals surface area contributed by atoms with Gasteiger partial charge in [-0.3, -0.25) is 0 Å². The fourth-order valence-electron chi connectivity index (χ4n) is 1.73. The highest BCUT2D eigenvalue weighted by Gasteiger charge is 2.16. The third kappa shape index (κ3) is 2.79. The standard InChI is InChI=1S/C12H10BrClO3S/c13-7-8-17-11-5-6-12(18(14,15)16)10-4-2-1-3-9(10)11/h1-6H,7-8H2. The molecule has 0 aliphatic carbocycles. The zero-order valence-electron chi connectivity index (χ0n) is 9.27. The van der Waals surface area contributed by atoms with E-state index in [1.807, 2.05) is 12.1 Å². The molecule has 0 radical (unpaired) electrons. The Labute approximate surface area is 118 Å². The molecule has 0 unspecified atom stereocenters. The Bertz CT molecular complexity index is 670. The van der Waals surface area contributed by atoms with Crippen LogP contribution < -0.4 is 4.74 Å². The zero-order chi connectivity index (χ0) is 13.2. The van der Waals surface area contributed by atoms with Gasteiger partial charge in [-0.2, -0.15) is 0 Å². The second kappa shape index (κ2) is 5.47. The van der Waals surface area contributed by atoms with E-state index in [0.717, 1.165) is 5.39 Å². The van der Waals surface area contributed by atoms with Crippen LogP contribution in [-0.4, -0.2) is 20.4 Å². The van der Waals surface area contributed by atoms with Gasteiger partial charge < -0.3 is 4.74 Å². The summed E-state index contributed by atoms with van der Waals surface area (Å²) in [4.78, 5) is 0.103. The van der Waals surface area contributed by atoms with E-state index in [1.54, 1.807) is 18.2 Å². The molecule has 2 rings (SSSR count). The Kier molecular flexibility index (Phi) is 4.14. The van der Waals surface area contributed by atoms with Gasteiger partial charge in [0.05, 0.1) is 11.5 Å². The first-order valence-electron chi connectivity index (χ1n) is 5.19. The highest BCUT2D eigenvalue weighted by Crippen LogP contribution is 2.32. The lowest BCUT2D eigenvalue weighted by Gasteiger charge is -2.10. The SMILES string of the molecule is O=S(=O)(Cl)c1ccc(OCCBr)c2ccccc12. The van der Waals surface area contributed by atoms with Crippen LogP contribution in [0.2, 0.25) is 0 Å². The first-order valence-corrected chi connectivity index (χ1v) is 8.62. The van der Waals surface area contributed by atoms with Crippen molar-refractivity contribution in [1.82, 2.24) is 0 Å². The van der Waals surface area contributed by atoms with E-state index in [2.05, 4.69) is 15.9 Å². The molecule has 0 atom stereocenters. The minimum absolute atomic E-state index is 0.103. The second-order valence-electron chi connectivity index (χ2n) is 3.58. The zero-order valence-corrected chi connectivity index (χ0v) is 12.4. The smallest absolute Gasteiger partial charge is 0.261 e. The van der Waals surface area contributed by atoms with Crippen LogP contribution in [0.3, 0.4) is 0 Å². The van der Waals surface area contributed by atoms with Gasteiger partial charge >= 0.3 is 0 Å². The average Bonchev–Trinajstić information content (AvgIpc) is 2.34. The summed E-state index contributed by atoms with van der Waals surface area (Å²) in [5.74, 6) is 0.647. The quantitative estimate of drug-likeness (QED) is 0.626. The summed E-state index contributed by atoms with van der Waals surface area (Å²) >= 11 is 3.28. The van der Waals surface area contributed by atoms with Crippen molar-refractivity contribution in [3.05, 3.63) is 36.4 Å². The van der Waals surface area contributed by atoms with Gasteiger partial charge in [0.25, 0.3) is 9.05 Å². The molecule has 0 aliphatic rings. The van der Waals surface area contributed by atoms with Gasteiger partial charge in [0, 0.05) is 26.8 Å². The first-order chi connectivity index (χ1) is 8.54. The Balaban J connectivity index is 2.66. The Morgan fingerprint density at radius 2 is 1.78 bits per heavy atom. The average molecular weight is 350 g/mol. The molecule has 0 spiro atoms. The number of hydrogen-bond donors (Lipinski definition) is 0. The van der Waals surface area contributed by atoms with Gasteiger partial charge in [0.1, 0.15) is 5.75 Å². The van der Waals surface area contributed by atoms with Crippen molar-refractivity contribution in [1.29, 1.82) is 0 Å². The Morgan fingerprint density at radius 3 is 2.39 bits per heavy atom. The van der Waals surface area contributed by atoms with Crippen molar-refractivity contribution >= 4 is 46.4 Å². The lowest BCUT2D eigenvalue weighted by Crippen LogP contribution is -2.00. The van der Waals surface area contributed by atoms with Gasteiger partial charge in [0.15, 0.2) is 0 Å². The summed E-state index contributed by atoms with van der Waals surface area (Å²) in [6, 6.07) is 10.2. The summed E-state index contributed by atoms with van der Waals surface area (Å²) in [6.07, 6.45) is 0. The molecule has 0 aromatic heterocycles. The van der Waals surface area contributed by atoms with Gasteiger partial charge in [-0.05, 0) is 12.1 Å². The normalized spacial score (nSPS) is 11.7. The third-order valence-electron chi connectivity index (χ3n) is 2.44. The number of fused-ring (bicyclic) bond motifs is 1. The van der Waals surface area contributed by atoms with Crippen LogP contribution in [0.4, 0.5) is 0 Å². The minimum Gasteiger partial charge on any atom is -0.492 e. The fourth-order valence-corrected chi connectivity index (χ4v) is 2.97. The van der Waals surface area contributed by atoms with Crippen LogP contribution in [0, 0.1) is 0 Å². The minimum atomic E-state index is -3.76. The molecular formula is C12H10BrClO3S. The van der Waals surface area contributed by atoms with E-state index in [1.165, 1.54) is 6.07 Å². The number of rotatable bonds is 4. The number of alkyl halides is 1. The first kappa shape index (κ1) is 13.6. The fraction of sp³-hybridized carbons (Fsp3) is 0.167. The summed E-state index contributed by atoms with van der Waals surface area (Å²) in [5.41, 5.74) is 0. The maximum atomic E-state index is 11.5. The van der Waals surface area contributed by atoms with Crippen LogP contribution >= 0.6 is 26.6 Å². The Hall–Kier alpha value is -0.780. The van der Waals surface area contributed by atoms with Crippen LogP contribution in [0.5, 0.6) is 5.75 Å². The van der Waals surface area contributed by atoms with Crippen LogP contribution in [0.1, 0.15) is 0 Å². The topological polar surface area (TPSA) is 43.4 Å². The van der Waals surface area contributed by atoms with Crippen molar-refractivity contribution in [3.8, 4) is 5.75 Å². The molecule has 96 valence electrons. The number of ether oxygens (including phenoxy) is 1. The summed E-state index contributed by atoms with van der Waals surface area (Å²) in [7, 11) is 1.66. The monoisotopic (exact) mass is 348 g/mol. The Morgan fingerprint density at radius 1 is 1.11 bits per heavy atom. The maximum absolute atomic E-state index is 11.5. The van der Waals surface area contributed by atoms with E-state index in [0.29, 0.717) is 23.1 Å². The largest absolute Gasteiger partial charge is 0.492 e. The van der Waals surface area contributed by atoms with Crippen molar-refractivity contribution in [2.75, 3.05) is 11.9 Å². The molecule has 0 saturated heterocycles. The van der Waals surface area contributed by atoms with Gasteiger partial charge in [-0.15, -0.1) is 0 Å². The number of hydrogen-bond acceptors (Lipinski definition) is 3. The highest BCUT2D eigenvalue weighted by atomic mass is 79.9. The predicted molar refractivity (Wildman–Crippen MR) is 76.3 cm³/mol. The van der Waals surface area contributed by atoms with Gasteiger partial charge in [0.2, 0.25) is 0 Å². The molecule has 0 heterocycles. The van der Waals surface area contributed by atoms with E-state index < -0.39 is 9.05 Å². The third-order valence-corrected chi connectivity index (χ3v) is 4.15. The molecule has 0 fully saturated rings. The highest BCUT2D eigenvalue weighted by molar-refractivity contribution is 9.09. The molecule has 2 aromatic carbocycles. The molecule has 6 heteroatoms. The molecule has 0 bridgehead atoms. The molecule has 0 aliphatic heterocycles. The molecule has 18 heavy (non-hydrogen) atoms. The van der Waals surface area contributed by atoms with Crippen LogP contribution in [-0.2, 0) is 9.05 Å². The van der Waals surface area contributed by atoms with Gasteiger partial charge in [-0.25, -0.2) is 8.42 Å². The van der Waals surface area contributed by atoms with Crippen LogP contribution in [0.15, 0.2) is 41.3 Å². The van der Waals surface area contributed by atoms with Crippen molar-refractivity contribution < 1.29 is 13.2 Å². The lowest BCUT2D eigenvalue weighted by molar-refractivity contribution is 0.349. The predicted octanol–water partition coefficient (Wildman–Crippen LogP) is 3.54. The summed E-state index contributed by atoms with van der Waals surface area (Å²) in [6.45, 7) is 0.511. The van der Waals surface area contributed by atoms with E-state index in [4.69, 9.17) is 15.4 Å². The molecule has 3 nitrogen and oxygen atoms in total. The van der Waals surface area contributed by atoms with Crippen molar-refractivity contribution in [3.63, 3.8) is 0 Å². The van der Waals surface area contributed by atoms with Crippen LogP contribution in [0.25, 0.3) is 10.8 Å². The van der Waals surface area contributed by atoms with E-state index >= 15 is 0 Å². The molecular weight excluding hydrogens is 340 g/mol. The summed E-state index contributed by atoms with van der Waals surface area (Å²) < 4.78 is 28.5. The number of benzene rings is 2. The van der Waals surface area contributed by atoms with Gasteiger partial charge in [-0.1, -0.05) is 40.2 Å². The molecule has 0 amide bonds. The lowest BCUT2D eigenvalue weighted by atomic mass is 10.1. The molecule has 0 saturated carbocycles. The van der Waals surface area contributed by atoms with Crippen molar-refractivity contribution in [2.24, 2.45) is 0 Å². The maximum Gasteiger partial charge on any atom is 0.261 e. The molecule has 2 aromatic rings. The summed E-state index contributed by atoms with van der Waals surface area (Å²) in [5, 5.41) is 2.01. The second-order valence-corrected chi connectivity index (χ2v) is 6.91. The van der Waals surface area contributed by atoms with Crippen molar-refractivity contribution in [2.45, 2.75) is 4.90 Å².